The lowest BCUT2D eigenvalue weighted by molar-refractivity contribution is 0.652. The number of hydrogen-bond acceptors (Lipinski definition) is 1. The minimum atomic E-state index is -0.128. The molecule has 0 saturated carbocycles. The number of rotatable bonds is 3. The maximum atomic E-state index is 2.57. The summed E-state index contributed by atoms with van der Waals surface area (Å²) in [4.78, 5) is 2.51. The van der Waals surface area contributed by atoms with E-state index in [-0.39, 0.29) is 16.9 Å². The van der Waals surface area contributed by atoms with Gasteiger partial charge in [-0.15, -0.1) is 0 Å². The van der Waals surface area contributed by atoms with Gasteiger partial charge in [-0.2, -0.15) is 0 Å². The molecule has 1 atom stereocenters. The predicted molar refractivity (Wildman–Crippen MR) is 201 cm³/mol. The van der Waals surface area contributed by atoms with Crippen LogP contribution in [0.25, 0.3) is 54.6 Å². The Balaban J connectivity index is 1.17. The molecule has 0 heterocycles. The van der Waals surface area contributed by atoms with Crippen molar-refractivity contribution in [2.45, 2.75) is 51.0 Å². The zero-order valence-corrected chi connectivity index (χ0v) is 27.4. The number of para-hydroxylation sites is 1. The van der Waals surface area contributed by atoms with Gasteiger partial charge in [0.25, 0.3) is 0 Å². The van der Waals surface area contributed by atoms with E-state index in [9.17, 15) is 0 Å². The zero-order valence-electron chi connectivity index (χ0n) is 27.4. The highest BCUT2D eigenvalue weighted by atomic mass is 15.2. The first-order chi connectivity index (χ1) is 22.8. The second-order valence-corrected chi connectivity index (χ2v) is 14.9. The summed E-state index contributed by atoms with van der Waals surface area (Å²) >= 11 is 0. The van der Waals surface area contributed by atoms with Gasteiger partial charge in [-0.25, -0.2) is 0 Å². The maximum absolute atomic E-state index is 2.57. The molecule has 1 unspecified atom stereocenters. The molecule has 0 saturated heterocycles. The van der Waals surface area contributed by atoms with Crippen LogP contribution in [0.3, 0.4) is 0 Å². The highest BCUT2D eigenvalue weighted by Gasteiger charge is 2.43. The van der Waals surface area contributed by atoms with E-state index in [1.165, 1.54) is 88.2 Å². The van der Waals surface area contributed by atoms with Gasteiger partial charge < -0.3 is 4.90 Å². The van der Waals surface area contributed by atoms with Crippen molar-refractivity contribution in [3.8, 4) is 22.3 Å². The molecule has 0 aromatic heterocycles. The Kier molecular flexibility index (Phi) is 5.31. The summed E-state index contributed by atoms with van der Waals surface area (Å²) in [6.45, 7) is 9.70. The lowest BCUT2D eigenvalue weighted by Gasteiger charge is -2.33. The van der Waals surface area contributed by atoms with Crippen molar-refractivity contribution in [1.82, 2.24) is 0 Å². The zero-order chi connectivity index (χ0) is 31.7. The summed E-state index contributed by atoms with van der Waals surface area (Å²) in [7, 11) is 0. The number of benzene rings is 7. The molecule has 7 aromatic carbocycles. The normalized spacial score (nSPS) is 18.1. The molecule has 0 fully saturated rings. The Labute approximate surface area is 276 Å². The molecule has 0 bridgehead atoms. The smallest absolute Gasteiger partial charge is 0.0559 e. The Morgan fingerprint density at radius 2 is 1.23 bits per heavy atom. The van der Waals surface area contributed by atoms with Crippen LogP contribution in [0.2, 0.25) is 0 Å². The Morgan fingerprint density at radius 1 is 0.532 bits per heavy atom. The molecule has 3 aliphatic carbocycles. The first-order valence-corrected chi connectivity index (χ1v) is 17.1. The quantitative estimate of drug-likeness (QED) is 0.182. The van der Waals surface area contributed by atoms with Crippen LogP contribution < -0.4 is 4.90 Å². The van der Waals surface area contributed by atoms with Gasteiger partial charge >= 0.3 is 0 Å². The minimum Gasteiger partial charge on any atom is -0.334 e. The van der Waals surface area contributed by atoms with Crippen LogP contribution >= 0.6 is 0 Å². The number of hydrogen-bond donors (Lipinski definition) is 0. The highest BCUT2D eigenvalue weighted by Crippen LogP contribution is 2.58. The van der Waals surface area contributed by atoms with Crippen LogP contribution in [0.5, 0.6) is 0 Å². The van der Waals surface area contributed by atoms with Gasteiger partial charge in [0.2, 0.25) is 0 Å². The molecule has 0 radical (unpaired) electrons. The minimum absolute atomic E-state index is 0.0953. The van der Waals surface area contributed by atoms with Gasteiger partial charge in [-0.1, -0.05) is 119 Å². The Bertz CT molecular complexity index is 2470. The van der Waals surface area contributed by atoms with Crippen LogP contribution in [0.1, 0.15) is 56.4 Å². The topological polar surface area (TPSA) is 3.24 Å². The van der Waals surface area contributed by atoms with Crippen LogP contribution in [-0.2, 0) is 10.8 Å². The van der Waals surface area contributed by atoms with Crippen LogP contribution in [0, 0.1) is 0 Å². The van der Waals surface area contributed by atoms with Crippen molar-refractivity contribution < 1.29 is 0 Å². The van der Waals surface area contributed by atoms with Crippen molar-refractivity contribution in [2.24, 2.45) is 0 Å². The number of anilines is 2. The Hall–Kier alpha value is -5.14. The van der Waals surface area contributed by atoms with E-state index in [1.807, 2.05) is 0 Å². The molecular weight excluding hydrogens is 567 g/mol. The molecule has 47 heavy (non-hydrogen) atoms. The van der Waals surface area contributed by atoms with E-state index < -0.39 is 0 Å². The van der Waals surface area contributed by atoms with Crippen molar-refractivity contribution in [3.05, 3.63) is 156 Å². The fourth-order valence-electron chi connectivity index (χ4n) is 9.26. The molecule has 7 aromatic rings. The second kappa shape index (κ2) is 9.23. The van der Waals surface area contributed by atoms with Gasteiger partial charge in [-0.3, -0.25) is 0 Å². The number of nitrogens with zero attached hydrogens (tertiary/aromatic N) is 1. The molecular formula is C46H37N. The van der Waals surface area contributed by atoms with E-state index in [2.05, 4.69) is 166 Å². The highest BCUT2D eigenvalue weighted by molar-refractivity contribution is 6.26. The molecule has 1 nitrogen and oxygen atoms in total. The monoisotopic (exact) mass is 603 g/mol. The summed E-state index contributed by atoms with van der Waals surface area (Å²) < 4.78 is 0. The lowest BCUT2D eigenvalue weighted by atomic mass is 9.79. The van der Waals surface area contributed by atoms with E-state index in [4.69, 9.17) is 0 Å². The molecule has 3 aliphatic rings. The van der Waals surface area contributed by atoms with Crippen LogP contribution in [0.4, 0.5) is 11.4 Å². The average Bonchev–Trinajstić information content (AvgIpc) is 3.46. The average molecular weight is 604 g/mol. The summed E-state index contributed by atoms with van der Waals surface area (Å²) in [6, 6.07) is 42.0. The third-order valence-electron chi connectivity index (χ3n) is 11.7. The van der Waals surface area contributed by atoms with Gasteiger partial charge in [0, 0.05) is 22.2 Å². The van der Waals surface area contributed by atoms with Crippen molar-refractivity contribution >= 4 is 43.7 Å². The number of fused-ring (bicyclic) bond motifs is 7. The fraction of sp³-hybridized carbons (Fsp3) is 0.174. The lowest BCUT2D eigenvalue weighted by Crippen LogP contribution is -2.30. The van der Waals surface area contributed by atoms with E-state index in [1.54, 1.807) is 0 Å². The summed E-state index contributed by atoms with van der Waals surface area (Å²) in [5.41, 5.74) is 13.6. The number of allylic oxidation sites excluding steroid dienone is 2. The van der Waals surface area contributed by atoms with E-state index in [0.29, 0.717) is 0 Å². The first kappa shape index (κ1) is 27.0. The largest absolute Gasteiger partial charge is 0.334 e. The first-order valence-electron chi connectivity index (χ1n) is 17.1. The molecule has 1 heteroatoms. The third kappa shape index (κ3) is 3.55. The SMILES string of the molecule is CC1(C)c2cc(N(c3ccccc3)C3C=CC=CC3)ccc2-c2cc3c(cc21)-c1c(cc2ccc4cccc5ccc1c2c45)C3(C)C. The van der Waals surface area contributed by atoms with Gasteiger partial charge in [0.15, 0.2) is 0 Å². The van der Waals surface area contributed by atoms with Crippen LogP contribution in [-0.4, -0.2) is 6.04 Å². The van der Waals surface area contributed by atoms with Crippen molar-refractivity contribution in [2.75, 3.05) is 4.90 Å². The summed E-state index contributed by atoms with van der Waals surface area (Å²) in [5.74, 6) is 0. The van der Waals surface area contributed by atoms with Gasteiger partial charge in [0.1, 0.15) is 0 Å². The summed E-state index contributed by atoms with van der Waals surface area (Å²) in [6.07, 6.45) is 9.96. The molecule has 226 valence electrons. The van der Waals surface area contributed by atoms with Crippen LogP contribution in [0.15, 0.2) is 133 Å². The predicted octanol–water partition coefficient (Wildman–Crippen LogP) is 12.2. The third-order valence-corrected chi connectivity index (χ3v) is 11.7. The van der Waals surface area contributed by atoms with Gasteiger partial charge in [-0.05, 0) is 126 Å². The standard InChI is InChI=1S/C46H37N/c1-45(2)38-25-33(47(31-14-7-5-8-15-31)32-16-9-6-10-17-32)21-23-34(38)36-26-40-37(27-39(36)45)44-35-22-20-29-13-11-12-28-18-19-30(43(35)42(28)29)24-41(44)46(40,3)4/h5-16,18-27,32H,17H2,1-4H3. The molecule has 10 rings (SSSR count). The second-order valence-electron chi connectivity index (χ2n) is 14.9. The van der Waals surface area contributed by atoms with Crippen molar-refractivity contribution in [3.63, 3.8) is 0 Å². The molecule has 0 amide bonds. The molecule has 0 spiro atoms. The van der Waals surface area contributed by atoms with E-state index >= 15 is 0 Å². The maximum Gasteiger partial charge on any atom is 0.0559 e. The fourth-order valence-corrected chi connectivity index (χ4v) is 9.26. The van der Waals surface area contributed by atoms with Crippen molar-refractivity contribution in [1.29, 1.82) is 0 Å². The molecule has 0 aliphatic heterocycles. The van der Waals surface area contributed by atoms with Gasteiger partial charge in [0.05, 0.1) is 6.04 Å². The Morgan fingerprint density at radius 3 is 2.02 bits per heavy atom. The van der Waals surface area contributed by atoms with E-state index in [0.717, 1.165) is 6.42 Å². The summed E-state index contributed by atoms with van der Waals surface area (Å²) in [5, 5.41) is 8.18. The molecule has 0 N–H and O–H groups in total.